The van der Waals surface area contributed by atoms with Crippen molar-refractivity contribution in [2.75, 3.05) is 10.6 Å². The molecule has 2 N–H and O–H groups in total. The number of hydrogen-bond acceptors (Lipinski definition) is 2. The smallest absolute Gasteiger partial charge is 0.325 e. The molecule has 3 aromatic carbocycles. The van der Waals surface area contributed by atoms with Gasteiger partial charge in [0.1, 0.15) is 11.6 Å². The van der Waals surface area contributed by atoms with Gasteiger partial charge in [-0.2, -0.15) is 23.3 Å². The van der Waals surface area contributed by atoms with E-state index in [0.717, 1.165) is 22.9 Å². The average Bonchev–Trinajstić information content (AvgIpc) is 3.23. The Morgan fingerprint density at radius 3 is 2.22 bits per heavy atom. The van der Waals surface area contributed by atoms with E-state index < -0.39 is 23.6 Å². The van der Waals surface area contributed by atoms with E-state index in [4.69, 9.17) is 34.8 Å². The number of rotatable bonds is 4. The van der Waals surface area contributed by atoms with E-state index >= 15 is 0 Å². The summed E-state index contributed by atoms with van der Waals surface area (Å²) in [4.78, 5) is 16.8. The first kappa shape index (κ1) is 26.5. The van der Waals surface area contributed by atoms with Gasteiger partial charge in [0.2, 0.25) is 5.96 Å². The van der Waals surface area contributed by atoms with Gasteiger partial charge in [0.05, 0.1) is 5.69 Å². The van der Waals surface area contributed by atoms with E-state index in [2.05, 4.69) is 20.7 Å². The molecule has 1 heterocycles. The molecule has 0 atom stereocenters. The molecule has 0 radical (unpaired) electrons. The average molecular weight is 571 g/mol. The minimum Gasteiger partial charge on any atom is -0.325 e. The van der Waals surface area contributed by atoms with Crippen LogP contribution in [0.25, 0.3) is 5.69 Å². The number of aliphatic imine (C=N–C) groups is 1. The van der Waals surface area contributed by atoms with Crippen LogP contribution in [0.1, 0.15) is 16.1 Å². The van der Waals surface area contributed by atoms with Crippen molar-refractivity contribution in [3.8, 4) is 5.69 Å². The Balaban J connectivity index is 1.80. The minimum atomic E-state index is -4.78. The Bertz CT molecular complexity index is 1480. The van der Waals surface area contributed by atoms with Crippen molar-refractivity contribution in [2.24, 2.45) is 4.99 Å². The van der Waals surface area contributed by atoms with Gasteiger partial charge >= 0.3 is 6.18 Å². The molecule has 13 heteroatoms. The summed E-state index contributed by atoms with van der Waals surface area (Å²) in [6.45, 7) is 0. The molecule has 0 aliphatic carbocycles. The number of hydrogen-bond donors (Lipinski definition) is 2. The van der Waals surface area contributed by atoms with E-state index in [1.54, 1.807) is 6.07 Å². The van der Waals surface area contributed by atoms with Crippen molar-refractivity contribution in [1.82, 2.24) is 9.78 Å². The van der Waals surface area contributed by atoms with E-state index in [0.29, 0.717) is 0 Å². The molecule has 0 bridgehead atoms. The van der Waals surface area contributed by atoms with Gasteiger partial charge in [0, 0.05) is 32.4 Å². The first-order chi connectivity index (χ1) is 17.5. The molecule has 0 fully saturated rings. The second-order valence-corrected chi connectivity index (χ2v) is 8.80. The molecule has 0 saturated carbocycles. The molecule has 0 aliphatic heterocycles. The van der Waals surface area contributed by atoms with Crippen molar-refractivity contribution < 1.29 is 22.4 Å². The number of benzene rings is 3. The van der Waals surface area contributed by atoms with Crippen molar-refractivity contribution >= 4 is 58.2 Å². The highest BCUT2D eigenvalue weighted by atomic mass is 35.5. The van der Waals surface area contributed by atoms with Gasteiger partial charge in [0.15, 0.2) is 5.69 Å². The SMILES string of the molecule is O=C(/N=C(/Nc1cc(F)cc(Cl)c1)Nc1cc(C(F)(F)F)nn1-c1cccc(Cl)c1)c1cccc(Cl)c1. The maximum atomic E-state index is 13.9. The Kier molecular flexibility index (Phi) is 7.72. The van der Waals surface area contributed by atoms with Gasteiger partial charge in [-0.05, 0) is 54.6 Å². The van der Waals surface area contributed by atoms with Crippen LogP contribution in [0.2, 0.25) is 15.1 Å². The van der Waals surface area contributed by atoms with Crippen molar-refractivity contribution in [3.05, 3.63) is 105 Å². The lowest BCUT2D eigenvalue weighted by Crippen LogP contribution is -2.25. The standard InChI is InChI=1S/C24H14Cl3F4N5O/c25-14-4-1-3-13(7-14)22(37)34-23(32-18-9-16(27)8-17(28)11-18)33-21-12-20(24(29,30)31)35-36(21)19-6-2-5-15(26)10-19/h1-12H,(H2,32,33,34,37). The summed E-state index contributed by atoms with van der Waals surface area (Å²) < 4.78 is 55.4. The van der Waals surface area contributed by atoms with E-state index in [1.165, 1.54) is 48.5 Å². The Morgan fingerprint density at radius 2 is 1.57 bits per heavy atom. The molecular weight excluding hydrogens is 557 g/mol. The number of carbonyl (C=O) groups excluding carboxylic acids is 1. The zero-order valence-corrected chi connectivity index (χ0v) is 20.6. The molecule has 1 amide bonds. The lowest BCUT2D eigenvalue weighted by molar-refractivity contribution is -0.141. The molecule has 4 rings (SSSR count). The van der Waals surface area contributed by atoms with Crippen LogP contribution < -0.4 is 10.6 Å². The van der Waals surface area contributed by atoms with Crippen LogP contribution in [0, 0.1) is 5.82 Å². The van der Waals surface area contributed by atoms with Crippen LogP contribution in [0.4, 0.5) is 29.1 Å². The summed E-state index contributed by atoms with van der Waals surface area (Å²) >= 11 is 17.9. The highest BCUT2D eigenvalue weighted by Gasteiger charge is 2.35. The van der Waals surface area contributed by atoms with Gasteiger partial charge in [-0.3, -0.25) is 4.79 Å². The van der Waals surface area contributed by atoms with Crippen LogP contribution in [-0.2, 0) is 6.18 Å². The zero-order chi connectivity index (χ0) is 26.7. The largest absolute Gasteiger partial charge is 0.435 e. The predicted molar refractivity (Wildman–Crippen MR) is 135 cm³/mol. The number of halogens is 7. The number of nitrogens with one attached hydrogen (secondary N) is 2. The second-order valence-electron chi connectivity index (χ2n) is 7.49. The maximum Gasteiger partial charge on any atom is 0.435 e. The fourth-order valence-electron chi connectivity index (χ4n) is 3.17. The molecule has 37 heavy (non-hydrogen) atoms. The number of carbonyl (C=O) groups is 1. The third kappa shape index (κ3) is 6.79. The Morgan fingerprint density at radius 1 is 0.865 bits per heavy atom. The third-order valence-corrected chi connectivity index (χ3v) is 5.40. The quantitative estimate of drug-likeness (QED) is 0.150. The highest BCUT2D eigenvalue weighted by Crippen LogP contribution is 2.32. The molecule has 0 saturated heterocycles. The molecule has 190 valence electrons. The Hall–Kier alpha value is -3.60. The lowest BCUT2D eigenvalue weighted by atomic mass is 10.2. The fraction of sp³-hybridized carbons (Fsp3) is 0.0417. The van der Waals surface area contributed by atoms with Crippen molar-refractivity contribution in [3.63, 3.8) is 0 Å². The summed E-state index contributed by atoms with van der Waals surface area (Å²) in [6.07, 6.45) is -4.78. The summed E-state index contributed by atoms with van der Waals surface area (Å²) in [5.41, 5.74) is -0.852. The maximum absolute atomic E-state index is 13.9. The molecule has 0 spiro atoms. The van der Waals surface area contributed by atoms with Crippen LogP contribution in [0.15, 0.2) is 77.8 Å². The number of nitrogens with zero attached hydrogens (tertiary/aromatic N) is 3. The molecular formula is C24H14Cl3F4N5O. The summed E-state index contributed by atoms with van der Waals surface area (Å²) in [6, 6.07) is 16.0. The first-order valence-electron chi connectivity index (χ1n) is 10.3. The summed E-state index contributed by atoms with van der Waals surface area (Å²) in [5.74, 6) is -2.05. The van der Waals surface area contributed by atoms with Gasteiger partial charge in [0.25, 0.3) is 5.91 Å². The van der Waals surface area contributed by atoms with E-state index in [1.807, 2.05) is 0 Å². The minimum absolute atomic E-state index is 0.0337. The normalized spacial score (nSPS) is 11.9. The third-order valence-electron chi connectivity index (χ3n) is 4.71. The Labute approximate surface area is 222 Å². The lowest BCUT2D eigenvalue weighted by Gasteiger charge is -2.14. The van der Waals surface area contributed by atoms with Gasteiger partial charge in [-0.1, -0.05) is 46.9 Å². The molecule has 0 unspecified atom stereocenters. The van der Waals surface area contributed by atoms with Crippen LogP contribution in [-0.4, -0.2) is 21.6 Å². The van der Waals surface area contributed by atoms with Gasteiger partial charge in [-0.15, -0.1) is 0 Å². The van der Waals surface area contributed by atoms with E-state index in [9.17, 15) is 22.4 Å². The van der Waals surface area contributed by atoms with E-state index in [-0.39, 0.29) is 43.8 Å². The van der Waals surface area contributed by atoms with Crippen LogP contribution >= 0.6 is 34.8 Å². The molecule has 6 nitrogen and oxygen atoms in total. The number of anilines is 2. The molecule has 0 aliphatic rings. The van der Waals surface area contributed by atoms with Crippen molar-refractivity contribution in [2.45, 2.75) is 6.18 Å². The number of aromatic nitrogens is 2. The second kappa shape index (κ2) is 10.8. The molecule has 4 aromatic rings. The van der Waals surface area contributed by atoms with Crippen LogP contribution in [0.5, 0.6) is 0 Å². The number of guanidine groups is 1. The van der Waals surface area contributed by atoms with Crippen molar-refractivity contribution in [1.29, 1.82) is 0 Å². The molecule has 1 aromatic heterocycles. The zero-order valence-electron chi connectivity index (χ0n) is 18.3. The monoisotopic (exact) mass is 569 g/mol. The predicted octanol–water partition coefficient (Wildman–Crippen LogP) is 7.71. The summed E-state index contributed by atoms with van der Waals surface area (Å²) in [7, 11) is 0. The topological polar surface area (TPSA) is 71.3 Å². The number of amides is 1. The number of alkyl halides is 3. The van der Waals surface area contributed by atoms with Gasteiger partial charge < -0.3 is 10.6 Å². The fourth-order valence-corrected chi connectivity index (χ4v) is 3.77. The first-order valence-corrected chi connectivity index (χ1v) is 11.4. The van der Waals surface area contributed by atoms with Crippen LogP contribution in [0.3, 0.4) is 0 Å². The highest BCUT2D eigenvalue weighted by molar-refractivity contribution is 6.31. The van der Waals surface area contributed by atoms with Gasteiger partial charge in [-0.25, -0.2) is 9.07 Å². The summed E-state index contributed by atoms with van der Waals surface area (Å²) in [5, 5.41) is 9.51.